The topological polar surface area (TPSA) is 18.5 Å². The molecule has 82 valence electrons. The lowest BCUT2D eigenvalue weighted by atomic mass is 9.96. The van der Waals surface area contributed by atoms with Gasteiger partial charge in [-0.05, 0) is 24.6 Å². The van der Waals surface area contributed by atoms with Crippen LogP contribution in [-0.2, 0) is 9.61 Å². The zero-order chi connectivity index (χ0) is 10.9. The summed E-state index contributed by atoms with van der Waals surface area (Å²) in [5.74, 6) is -0.108. The Morgan fingerprint density at radius 1 is 1.53 bits per heavy atom. The lowest BCUT2D eigenvalue weighted by Crippen LogP contribution is -2.41. The maximum absolute atomic E-state index is 13.5. The van der Waals surface area contributed by atoms with Crippen LogP contribution < -0.4 is 4.74 Å². The number of alkyl halides is 1. The Bertz CT molecular complexity index is 364. The van der Waals surface area contributed by atoms with Gasteiger partial charge in [0.1, 0.15) is 4.87 Å². The Morgan fingerprint density at radius 2 is 2.27 bits per heavy atom. The summed E-state index contributed by atoms with van der Waals surface area (Å²) in [5.41, 5.74) is 0.747. The molecule has 1 aliphatic rings. The van der Waals surface area contributed by atoms with Gasteiger partial charge >= 0.3 is 0 Å². The molecule has 1 aromatic carbocycles. The number of hydrogen-bond donors (Lipinski definition) is 0. The number of benzene rings is 1. The first-order valence-electron chi connectivity index (χ1n) is 4.85. The molecular formula is C11H12ClFO2. The Hall–Kier alpha value is -0.800. The largest absolute Gasteiger partial charge is 0.491 e. The normalized spacial score (nSPS) is 18.3. The molecule has 1 aliphatic heterocycles. The van der Waals surface area contributed by atoms with Crippen LogP contribution in [0.2, 0.25) is 0 Å². The molecule has 0 saturated carbocycles. The molecule has 15 heavy (non-hydrogen) atoms. The van der Waals surface area contributed by atoms with Crippen molar-refractivity contribution in [3.63, 3.8) is 0 Å². The summed E-state index contributed by atoms with van der Waals surface area (Å²) in [4.78, 5) is -0.550. The van der Waals surface area contributed by atoms with Crippen molar-refractivity contribution in [1.82, 2.24) is 0 Å². The highest BCUT2D eigenvalue weighted by Gasteiger charge is 2.38. The minimum Gasteiger partial charge on any atom is -0.491 e. The minimum atomic E-state index is -0.550. The second-order valence-electron chi connectivity index (χ2n) is 3.54. The van der Waals surface area contributed by atoms with Gasteiger partial charge in [-0.3, -0.25) is 0 Å². The maximum Gasteiger partial charge on any atom is 0.165 e. The van der Waals surface area contributed by atoms with Crippen molar-refractivity contribution in [1.29, 1.82) is 0 Å². The van der Waals surface area contributed by atoms with E-state index in [9.17, 15) is 4.39 Å². The number of ether oxygens (including phenoxy) is 2. The Morgan fingerprint density at radius 3 is 2.73 bits per heavy atom. The molecule has 2 rings (SSSR count). The summed E-state index contributed by atoms with van der Waals surface area (Å²) in [6, 6.07) is 4.81. The average molecular weight is 231 g/mol. The molecule has 2 nitrogen and oxygen atoms in total. The lowest BCUT2D eigenvalue weighted by molar-refractivity contribution is -0.0153. The summed E-state index contributed by atoms with van der Waals surface area (Å²) in [5, 5.41) is 0. The van der Waals surface area contributed by atoms with Crippen molar-refractivity contribution in [3.05, 3.63) is 29.6 Å². The number of rotatable bonds is 3. The van der Waals surface area contributed by atoms with E-state index in [4.69, 9.17) is 21.1 Å². The molecule has 1 aromatic rings. The third-order valence-corrected chi connectivity index (χ3v) is 2.85. The SMILES string of the molecule is CCOc1ccc(C2(Cl)COC2)cc1F. The van der Waals surface area contributed by atoms with Gasteiger partial charge in [0.05, 0.1) is 19.8 Å². The molecule has 0 amide bonds. The molecule has 1 heterocycles. The van der Waals surface area contributed by atoms with E-state index in [-0.39, 0.29) is 11.6 Å². The highest BCUT2D eigenvalue weighted by Crippen LogP contribution is 2.37. The van der Waals surface area contributed by atoms with E-state index < -0.39 is 4.87 Å². The first-order valence-corrected chi connectivity index (χ1v) is 5.23. The Balaban J connectivity index is 2.25. The quantitative estimate of drug-likeness (QED) is 0.744. The fourth-order valence-corrected chi connectivity index (χ4v) is 1.77. The van der Waals surface area contributed by atoms with E-state index in [1.54, 1.807) is 12.1 Å². The standard InChI is InChI=1S/C11H12ClFO2/c1-2-15-10-4-3-8(5-9(10)13)11(12)6-14-7-11/h3-5H,2,6-7H2,1H3. The predicted octanol–water partition coefficient (Wildman–Crippen LogP) is 2.69. The Kier molecular flexibility index (Phi) is 2.85. The second-order valence-corrected chi connectivity index (χ2v) is 4.26. The summed E-state index contributed by atoms with van der Waals surface area (Å²) in [6.45, 7) is 3.13. The van der Waals surface area contributed by atoms with Crippen molar-refractivity contribution in [2.75, 3.05) is 19.8 Å². The molecule has 0 aromatic heterocycles. The van der Waals surface area contributed by atoms with Gasteiger partial charge in [0.2, 0.25) is 0 Å². The molecule has 0 radical (unpaired) electrons. The van der Waals surface area contributed by atoms with Crippen molar-refractivity contribution < 1.29 is 13.9 Å². The van der Waals surface area contributed by atoms with Crippen molar-refractivity contribution in [2.24, 2.45) is 0 Å². The zero-order valence-corrected chi connectivity index (χ0v) is 9.18. The molecule has 1 saturated heterocycles. The molecular weight excluding hydrogens is 219 g/mol. The lowest BCUT2D eigenvalue weighted by Gasteiger charge is -2.35. The molecule has 0 N–H and O–H groups in total. The van der Waals surface area contributed by atoms with Crippen LogP contribution in [0.4, 0.5) is 4.39 Å². The molecule has 4 heteroatoms. The van der Waals surface area contributed by atoms with E-state index in [2.05, 4.69) is 0 Å². The number of halogens is 2. The van der Waals surface area contributed by atoms with Gasteiger partial charge in [-0.25, -0.2) is 4.39 Å². The zero-order valence-electron chi connectivity index (χ0n) is 8.43. The molecule has 1 fully saturated rings. The summed E-state index contributed by atoms with van der Waals surface area (Å²) in [7, 11) is 0. The fraction of sp³-hybridized carbons (Fsp3) is 0.455. The van der Waals surface area contributed by atoms with Crippen LogP contribution in [0.5, 0.6) is 5.75 Å². The average Bonchev–Trinajstić information content (AvgIpc) is 2.18. The van der Waals surface area contributed by atoms with Crippen LogP contribution in [0.25, 0.3) is 0 Å². The van der Waals surface area contributed by atoms with E-state index in [0.717, 1.165) is 5.56 Å². The van der Waals surface area contributed by atoms with Gasteiger partial charge in [0.25, 0.3) is 0 Å². The van der Waals surface area contributed by atoms with Crippen LogP contribution in [0.15, 0.2) is 18.2 Å². The third-order valence-electron chi connectivity index (χ3n) is 2.41. The van der Waals surface area contributed by atoms with Gasteiger partial charge < -0.3 is 9.47 Å². The van der Waals surface area contributed by atoms with Gasteiger partial charge in [0.15, 0.2) is 11.6 Å². The van der Waals surface area contributed by atoms with Crippen molar-refractivity contribution in [2.45, 2.75) is 11.8 Å². The summed E-state index contributed by atoms with van der Waals surface area (Å²) < 4.78 is 23.6. The molecule has 0 atom stereocenters. The first kappa shape index (κ1) is 10.7. The van der Waals surface area contributed by atoms with Crippen molar-refractivity contribution >= 4 is 11.6 Å². The predicted molar refractivity (Wildman–Crippen MR) is 55.9 cm³/mol. The first-order chi connectivity index (χ1) is 7.15. The van der Waals surface area contributed by atoms with E-state index >= 15 is 0 Å². The minimum absolute atomic E-state index is 0.266. The summed E-state index contributed by atoms with van der Waals surface area (Å²) in [6.07, 6.45) is 0. The van der Waals surface area contributed by atoms with E-state index in [0.29, 0.717) is 19.8 Å². The highest BCUT2D eigenvalue weighted by atomic mass is 35.5. The van der Waals surface area contributed by atoms with E-state index in [1.807, 2.05) is 6.92 Å². The maximum atomic E-state index is 13.5. The molecule has 0 spiro atoms. The molecule has 0 aliphatic carbocycles. The smallest absolute Gasteiger partial charge is 0.165 e. The van der Waals surface area contributed by atoms with Crippen LogP contribution in [0.3, 0.4) is 0 Å². The Labute approximate surface area is 92.9 Å². The summed E-state index contributed by atoms with van der Waals surface area (Å²) >= 11 is 6.20. The van der Waals surface area contributed by atoms with Gasteiger partial charge in [-0.1, -0.05) is 6.07 Å². The fourth-order valence-electron chi connectivity index (χ4n) is 1.50. The second kappa shape index (κ2) is 3.99. The van der Waals surface area contributed by atoms with Gasteiger partial charge in [-0.15, -0.1) is 11.6 Å². The third kappa shape index (κ3) is 1.94. The van der Waals surface area contributed by atoms with Crippen LogP contribution in [0, 0.1) is 5.82 Å². The van der Waals surface area contributed by atoms with Gasteiger partial charge in [0, 0.05) is 0 Å². The van der Waals surface area contributed by atoms with Crippen LogP contribution in [0.1, 0.15) is 12.5 Å². The highest BCUT2D eigenvalue weighted by molar-refractivity contribution is 6.24. The monoisotopic (exact) mass is 230 g/mol. The van der Waals surface area contributed by atoms with Crippen molar-refractivity contribution in [3.8, 4) is 5.75 Å². The van der Waals surface area contributed by atoms with Crippen LogP contribution >= 0.6 is 11.6 Å². The van der Waals surface area contributed by atoms with E-state index in [1.165, 1.54) is 6.07 Å². The van der Waals surface area contributed by atoms with Gasteiger partial charge in [-0.2, -0.15) is 0 Å². The molecule has 0 bridgehead atoms. The van der Waals surface area contributed by atoms with Crippen LogP contribution in [-0.4, -0.2) is 19.8 Å². The number of hydrogen-bond acceptors (Lipinski definition) is 2. The molecule has 0 unspecified atom stereocenters.